The van der Waals surface area contributed by atoms with Gasteiger partial charge >= 0.3 is 0 Å². The molecule has 170 valence electrons. The summed E-state index contributed by atoms with van der Waals surface area (Å²) in [6.45, 7) is 0.659. The highest BCUT2D eigenvalue weighted by Gasteiger charge is 2.11. The number of ether oxygens (including phenoxy) is 1. The number of hydrogen-bond donors (Lipinski definition) is 1. The summed E-state index contributed by atoms with van der Waals surface area (Å²) in [5.74, 6) is 0.728. The van der Waals surface area contributed by atoms with Gasteiger partial charge in [-0.15, -0.1) is 5.10 Å². The number of nitrogens with one attached hydrogen (secondary N) is 1. The van der Waals surface area contributed by atoms with Crippen LogP contribution >= 0.6 is 11.6 Å². The molecule has 0 saturated heterocycles. The van der Waals surface area contributed by atoms with Gasteiger partial charge in [0.1, 0.15) is 11.4 Å². The maximum atomic E-state index is 12.3. The van der Waals surface area contributed by atoms with Gasteiger partial charge in [0.05, 0.1) is 6.20 Å². The lowest BCUT2D eigenvalue weighted by Crippen LogP contribution is -2.20. The number of pyridine rings is 1. The molecule has 4 aromatic rings. The minimum atomic E-state index is -0.228. The van der Waals surface area contributed by atoms with Crippen molar-refractivity contribution in [3.05, 3.63) is 90.4 Å². The van der Waals surface area contributed by atoms with Gasteiger partial charge < -0.3 is 10.1 Å². The number of amides is 1. The molecule has 2 heterocycles. The molecular formula is C26H22ClN5O2. The minimum absolute atomic E-state index is 0.0860. The fourth-order valence-electron chi connectivity index (χ4n) is 3.76. The topological polar surface area (TPSA) is 81.9 Å². The molecule has 1 unspecified atom stereocenters. The Labute approximate surface area is 201 Å². The molecule has 0 fully saturated rings. The Morgan fingerprint density at radius 1 is 1.15 bits per heavy atom. The average Bonchev–Trinajstić information content (AvgIpc) is 3.33. The molecule has 0 aliphatic heterocycles. The van der Waals surface area contributed by atoms with Gasteiger partial charge in [-0.25, -0.2) is 0 Å². The molecule has 0 bridgehead atoms. The molecule has 1 aliphatic rings. The summed E-state index contributed by atoms with van der Waals surface area (Å²) < 4.78 is 7.49. The minimum Gasteiger partial charge on any atom is -0.484 e. The van der Waals surface area contributed by atoms with E-state index in [4.69, 9.17) is 16.3 Å². The monoisotopic (exact) mass is 471 g/mol. The first-order valence-corrected chi connectivity index (χ1v) is 11.3. The molecule has 7 nitrogen and oxygen atoms in total. The van der Waals surface area contributed by atoms with Crippen molar-refractivity contribution >= 4 is 34.0 Å². The van der Waals surface area contributed by atoms with Gasteiger partial charge in [-0.1, -0.05) is 35.0 Å². The van der Waals surface area contributed by atoms with Gasteiger partial charge in [0, 0.05) is 46.5 Å². The van der Waals surface area contributed by atoms with Gasteiger partial charge in [-0.2, -0.15) is 0 Å². The van der Waals surface area contributed by atoms with E-state index in [2.05, 4.69) is 26.7 Å². The highest BCUT2D eigenvalue weighted by molar-refractivity contribution is 6.31. The van der Waals surface area contributed by atoms with Crippen molar-refractivity contribution in [1.82, 2.24) is 20.0 Å². The van der Waals surface area contributed by atoms with Gasteiger partial charge in [-0.3, -0.25) is 14.5 Å². The molecule has 1 aliphatic carbocycles. The zero-order valence-corrected chi connectivity index (χ0v) is 19.0. The Morgan fingerprint density at radius 3 is 2.85 bits per heavy atom. The summed E-state index contributed by atoms with van der Waals surface area (Å²) in [5, 5.41) is 14.2. The van der Waals surface area contributed by atoms with Crippen LogP contribution in [0.2, 0.25) is 0 Å². The fraction of sp³-hybridized carbons (Fsp3) is 0.154. The predicted molar refractivity (Wildman–Crippen MR) is 133 cm³/mol. The number of aromatic nitrogens is 4. The van der Waals surface area contributed by atoms with Crippen LogP contribution in [0.3, 0.4) is 0 Å². The zero-order valence-electron chi connectivity index (χ0n) is 18.3. The highest BCUT2D eigenvalue weighted by Crippen LogP contribution is 2.23. The van der Waals surface area contributed by atoms with Gasteiger partial charge in [-0.05, 0) is 60.3 Å². The molecule has 5 rings (SSSR count). The SMILES string of the molecule is O=C(COc1ccc(-c2cn(CC3C=CC(Cl)=CC3)nn2)cc1)Nc1ccc2cnccc2c1. The Balaban J connectivity index is 1.14. The molecule has 1 amide bonds. The number of halogens is 1. The third-order valence-corrected chi connectivity index (χ3v) is 5.83. The van der Waals surface area contributed by atoms with Crippen molar-refractivity contribution < 1.29 is 9.53 Å². The second kappa shape index (κ2) is 9.89. The van der Waals surface area contributed by atoms with E-state index in [0.717, 1.165) is 40.0 Å². The number of carbonyl (C=O) groups excluding carboxylic acids is 1. The molecule has 1 atom stereocenters. The molecule has 1 N–H and O–H groups in total. The first-order chi connectivity index (χ1) is 16.6. The van der Waals surface area contributed by atoms with E-state index in [9.17, 15) is 4.79 Å². The van der Waals surface area contributed by atoms with Crippen molar-refractivity contribution in [3.8, 4) is 17.0 Å². The molecule has 2 aromatic heterocycles. The number of benzene rings is 2. The van der Waals surface area contributed by atoms with Crippen molar-refractivity contribution in [2.75, 3.05) is 11.9 Å². The Hall–Kier alpha value is -3.97. The first kappa shape index (κ1) is 21.9. The molecular weight excluding hydrogens is 450 g/mol. The van der Waals surface area contributed by atoms with Crippen LogP contribution in [0.25, 0.3) is 22.0 Å². The Morgan fingerprint density at radius 2 is 2.03 bits per heavy atom. The van der Waals surface area contributed by atoms with E-state index in [-0.39, 0.29) is 12.5 Å². The lowest BCUT2D eigenvalue weighted by Gasteiger charge is -2.13. The van der Waals surface area contributed by atoms with Crippen LogP contribution in [-0.4, -0.2) is 32.5 Å². The van der Waals surface area contributed by atoms with Gasteiger partial charge in [0.2, 0.25) is 0 Å². The molecule has 0 spiro atoms. The number of allylic oxidation sites excluding steroid dienone is 4. The zero-order chi connectivity index (χ0) is 23.3. The van der Waals surface area contributed by atoms with E-state index in [1.54, 1.807) is 12.4 Å². The van der Waals surface area contributed by atoms with E-state index < -0.39 is 0 Å². The maximum absolute atomic E-state index is 12.3. The van der Waals surface area contributed by atoms with Crippen LogP contribution < -0.4 is 10.1 Å². The summed E-state index contributed by atoms with van der Waals surface area (Å²) in [6.07, 6.45) is 12.4. The van der Waals surface area contributed by atoms with Crippen LogP contribution in [0.1, 0.15) is 6.42 Å². The summed E-state index contributed by atoms with van der Waals surface area (Å²) in [7, 11) is 0. The second-order valence-corrected chi connectivity index (χ2v) is 8.50. The quantitative estimate of drug-likeness (QED) is 0.400. The smallest absolute Gasteiger partial charge is 0.262 e. The molecule has 2 aromatic carbocycles. The molecule has 8 heteroatoms. The van der Waals surface area contributed by atoms with E-state index in [1.165, 1.54) is 0 Å². The Kier molecular flexibility index (Phi) is 6.35. The lowest BCUT2D eigenvalue weighted by molar-refractivity contribution is -0.118. The van der Waals surface area contributed by atoms with E-state index in [1.807, 2.05) is 71.6 Å². The number of nitrogens with zero attached hydrogens (tertiary/aromatic N) is 4. The number of anilines is 1. The van der Waals surface area contributed by atoms with Crippen molar-refractivity contribution in [1.29, 1.82) is 0 Å². The molecule has 0 saturated carbocycles. The first-order valence-electron chi connectivity index (χ1n) is 10.9. The van der Waals surface area contributed by atoms with E-state index >= 15 is 0 Å². The highest BCUT2D eigenvalue weighted by atomic mass is 35.5. The predicted octanol–water partition coefficient (Wildman–Crippen LogP) is 5.21. The van der Waals surface area contributed by atoms with Crippen LogP contribution in [0.4, 0.5) is 5.69 Å². The summed E-state index contributed by atoms with van der Waals surface area (Å²) in [4.78, 5) is 16.4. The van der Waals surface area contributed by atoms with Gasteiger partial charge in [0.15, 0.2) is 6.61 Å². The maximum Gasteiger partial charge on any atom is 0.262 e. The van der Waals surface area contributed by atoms with Gasteiger partial charge in [0.25, 0.3) is 5.91 Å². The van der Waals surface area contributed by atoms with Crippen LogP contribution in [0, 0.1) is 5.92 Å². The number of rotatable bonds is 7. The summed E-state index contributed by atoms with van der Waals surface area (Å²) in [6, 6.07) is 15.0. The van der Waals surface area contributed by atoms with Crippen LogP contribution in [0.5, 0.6) is 5.75 Å². The van der Waals surface area contributed by atoms with E-state index in [0.29, 0.717) is 17.4 Å². The third-order valence-electron chi connectivity index (χ3n) is 5.55. The number of fused-ring (bicyclic) bond motifs is 1. The van der Waals surface area contributed by atoms with Crippen molar-refractivity contribution in [2.45, 2.75) is 13.0 Å². The number of hydrogen-bond acceptors (Lipinski definition) is 5. The number of carbonyl (C=O) groups is 1. The van der Waals surface area contributed by atoms with Crippen LogP contribution in [-0.2, 0) is 11.3 Å². The summed E-state index contributed by atoms with van der Waals surface area (Å²) in [5.41, 5.74) is 2.42. The largest absolute Gasteiger partial charge is 0.484 e. The molecule has 34 heavy (non-hydrogen) atoms. The lowest BCUT2D eigenvalue weighted by atomic mass is 10.0. The summed E-state index contributed by atoms with van der Waals surface area (Å²) >= 11 is 5.98. The van der Waals surface area contributed by atoms with Crippen molar-refractivity contribution in [2.24, 2.45) is 5.92 Å². The fourth-order valence-corrected chi connectivity index (χ4v) is 3.92. The molecule has 0 radical (unpaired) electrons. The normalized spacial score (nSPS) is 15.2. The van der Waals surface area contributed by atoms with Crippen LogP contribution in [0.15, 0.2) is 90.4 Å². The standard InChI is InChI=1S/C26H22ClN5O2/c27-22-6-1-18(2-7-22)15-32-16-25(30-31-32)19-4-9-24(10-5-19)34-17-26(33)29-23-8-3-21-14-28-12-11-20(21)13-23/h1,3-14,16,18H,2,15,17H2,(H,29,33). The third kappa shape index (κ3) is 5.32. The average molecular weight is 472 g/mol. The van der Waals surface area contributed by atoms with Crippen molar-refractivity contribution in [3.63, 3.8) is 0 Å². The second-order valence-electron chi connectivity index (χ2n) is 8.07. The Bertz CT molecular complexity index is 1380.